The Kier molecular flexibility index (Phi) is 4.59. The molecule has 0 atom stereocenters. The summed E-state index contributed by atoms with van der Waals surface area (Å²) in [6.07, 6.45) is 0. The van der Waals surface area contributed by atoms with Crippen molar-refractivity contribution in [3.8, 4) is 17.4 Å². The van der Waals surface area contributed by atoms with Crippen molar-refractivity contribution in [3.05, 3.63) is 35.7 Å². The average molecular weight is 289 g/mol. The molecular formula is C15H19N3O3. The first-order valence-corrected chi connectivity index (χ1v) is 6.63. The summed E-state index contributed by atoms with van der Waals surface area (Å²) in [7, 11) is 1.54. The van der Waals surface area contributed by atoms with Crippen molar-refractivity contribution in [1.29, 1.82) is 0 Å². The van der Waals surface area contributed by atoms with Crippen molar-refractivity contribution >= 4 is 5.82 Å². The van der Waals surface area contributed by atoms with Gasteiger partial charge >= 0.3 is 0 Å². The Bertz CT molecular complexity index is 630. The van der Waals surface area contributed by atoms with Crippen molar-refractivity contribution in [3.63, 3.8) is 0 Å². The zero-order chi connectivity index (χ0) is 15.4. The van der Waals surface area contributed by atoms with Crippen LogP contribution in [-0.4, -0.2) is 22.2 Å². The quantitative estimate of drug-likeness (QED) is 0.878. The van der Waals surface area contributed by atoms with Crippen LogP contribution < -0.4 is 15.2 Å². The lowest BCUT2D eigenvalue weighted by molar-refractivity contribution is 0.280. The van der Waals surface area contributed by atoms with Gasteiger partial charge in [0.05, 0.1) is 13.7 Å². The summed E-state index contributed by atoms with van der Waals surface area (Å²) < 4.78 is 11.0. The number of aliphatic hydroxyl groups is 1. The Balaban J connectivity index is 2.33. The first-order valence-electron chi connectivity index (χ1n) is 6.63. The number of nitrogens with zero attached hydrogens (tertiary/aromatic N) is 2. The van der Waals surface area contributed by atoms with Gasteiger partial charge in [0, 0.05) is 12.0 Å². The third kappa shape index (κ3) is 3.61. The summed E-state index contributed by atoms with van der Waals surface area (Å²) in [6, 6.07) is 6.75. The predicted molar refractivity (Wildman–Crippen MR) is 79.5 cm³/mol. The van der Waals surface area contributed by atoms with E-state index in [1.165, 1.54) is 7.11 Å². The molecule has 1 heterocycles. The van der Waals surface area contributed by atoms with E-state index in [-0.39, 0.29) is 12.5 Å². The van der Waals surface area contributed by atoms with E-state index in [9.17, 15) is 0 Å². The van der Waals surface area contributed by atoms with Gasteiger partial charge in [-0.2, -0.15) is 4.98 Å². The van der Waals surface area contributed by atoms with E-state index < -0.39 is 0 Å². The Morgan fingerprint density at radius 1 is 1.19 bits per heavy atom. The molecule has 0 saturated heterocycles. The van der Waals surface area contributed by atoms with E-state index in [0.717, 1.165) is 5.56 Å². The lowest BCUT2D eigenvalue weighted by atomic mass is 10.2. The summed E-state index contributed by atoms with van der Waals surface area (Å²) in [4.78, 5) is 8.50. The zero-order valence-corrected chi connectivity index (χ0v) is 12.3. The van der Waals surface area contributed by atoms with E-state index in [2.05, 4.69) is 9.97 Å². The van der Waals surface area contributed by atoms with Crippen LogP contribution in [0.4, 0.5) is 5.82 Å². The van der Waals surface area contributed by atoms with Crippen molar-refractivity contribution in [1.82, 2.24) is 9.97 Å². The molecule has 0 amide bonds. The normalized spacial score (nSPS) is 10.7. The molecule has 0 radical (unpaired) electrons. The van der Waals surface area contributed by atoms with Gasteiger partial charge in [-0.1, -0.05) is 19.9 Å². The summed E-state index contributed by atoms with van der Waals surface area (Å²) >= 11 is 0. The van der Waals surface area contributed by atoms with Crippen LogP contribution in [0.15, 0.2) is 24.3 Å². The van der Waals surface area contributed by atoms with Gasteiger partial charge < -0.3 is 20.3 Å². The Morgan fingerprint density at radius 2 is 1.95 bits per heavy atom. The van der Waals surface area contributed by atoms with Crippen LogP contribution in [0.1, 0.15) is 31.2 Å². The number of nitrogen functional groups attached to an aromatic ring is 1. The molecule has 0 aliphatic rings. The Hall–Kier alpha value is -2.34. The molecule has 0 spiro atoms. The SMILES string of the molecule is COc1cc(CO)ccc1Oc1cc(N)nc(C(C)C)n1. The molecule has 0 bridgehead atoms. The number of aliphatic hydroxyl groups excluding tert-OH is 1. The monoisotopic (exact) mass is 289 g/mol. The minimum absolute atomic E-state index is 0.0609. The molecule has 2 aromatic rings. The second kappa shape index (κ2) is 6.41. The fourth-order valence-corrected chi connectivity index (χ4v) is 1.78. The lowest BCUT2D eigenvalue weighted by Crippen LogP contribution is -2.03. The van der Waals surface area contributed by atoms with Crippen LogP contribution in [0.25, 0.3) is 0 Å². The fourth-order valence-electron chi connectivity index (χ4n) is 1.78. The van der Waals surface area contributed by atoms with Gasteiger partial charge in [0.2, 0.25) is 5.88 Å². The highest BCUT2D eigenvalue weighted by Gasteiger charge is 2.11. The van der Waals surface area contributed by atoms with Crippen LogP contribution in [0.5, 0.6) is 17.4 Å². The number of anilines is 1. The molecule has 3 N–H and O–H groups in total. The maximum absolute atomic E-state index is 9.14. The molecular weight excluding hydrogens is 270 g/mol. The largest absolute Gasteiger partial charge is 0.493 e. The van der Waals surface area contributed by atoms with Crippen molar-refractivity contribution < 1.29 is 14.6 Å². The molecule has 2 rings (SSSR count). The minimum Gasteiger partial charge on any atom is -0.493 e. The molecule has 0 fully saturated rings. The van der Waals surface area contributed by atoms with Crippen LogP contribution in [0.3, 0.4) is 0 Å². The van der Waals surface area contributed by atoms with E-state index in [4.69, 9.17) is 20.3 Å². The van der Waals surface area contributed by atoms with Crippen LogP contribution >= 0.6 is 0 Å². The smallest absolute Gasteiger partial charge is 0.224 e. The molecule has 112 valence electrons. The number of rotatable bonds is 5. The fraction of sp³-hybridized carbons (Fsp3) is 0.333. The molecule has 6 nitrogen and oxygen atoms in total. The second-order valence-electron chi connectivity index (χ2n) is 4.89. The standard InChI is InChI=1S/C15H19N3O3/c1-9(2)15-17-13(16)7-14(18-15)21-11-5-4-10(8-19)6-12(11)20-3/h4-7,9,19H,8H2,1-3H3,(H2,16,17,18). The van der Waals surface area contributed by atoms with E-state index in [0.29, 0.717) is 29.0 Å². The van der Waals surface area contributed by atoms with Gasteiger partial charge in [-0.3, -0.25) is 0 Å². The highest BCUT2D eigenvalue weighted by Crippen LogP contribution is 2.32. The van der Waals surface area contributed by atoms with E-state index >= 15 is 0 Å². The van der Waals surface area contributed by atoms with Gasteiger partial charge in [0.25, 0.3) is 0 Å². The summed E-state index contributed by atoms with van der Waals surface area (Å²) in [5, 5.41) is 9.14. The third-order valence-corrected chi connectivity index (χ3v) is 2.88. The average Bonchev–Trinajstić information content (AvgIpc) is 2.47. The van der Waals surface area contributed by atoms with Crippen molar-refractivity contribution in [2.24, 2.45) is 0 Å². The number of ether oxygens (including phenoxy) is 2. The highest BCUT2D eigenvalue weighted by atomic mass is 16.5. The zero-order valence-electron chi connectivity index (χ0n) is 12.3. The topological polar surface area (TPSA) is 90.5 Å². The molecule has 1 aromatic heterocycles. The number of nitrogens with two attached hydrogens (primary N) is 1. The Labute approximate surface area is 123 Å². The van der Waals surface area contributed by atoms with E-state index in [1.807, 2.05) is 13.8 Å². The maximum Gasteiger partial charge on any atom is 0.224 e. The third-order valence-electron chi connectivity index (χ3n) is 2.88. The summed E-state index contributed by atoms with van der Waals surface area (Å²) in [5.74, 6) is 2.51. The van der Waals surface area contributed by atoms with Crippen LogP contribution in [0, 0.1) is 0 Å². The summed E-state index contributed by atoms with van der Waals surface area (Å²) in [6.45, 7) is 3.90. The molecule has 0 unspecified atom stereocenters. The number of hydrogen-bond donors (Lipinski definition) is 2. The molecule has 0 saturated carbocycles. The van der Waals surface area contributed by atoms with Crippen molar-refractivity contribution in [2.45, 2.75) is 26.4 Å². The van der Waals surface area contributed by atoms with Gasteiger partial charge in [-0.15, -0.1) is 0 Å². The lowest BCUT2D eigenvalue weighted by Gasteiger charge is -2.12. The number of benzene rings is 1. The molecule has 1 aromatic carbocycles. The van der Waals surface area contributed by atoms with Crippen molar-refractivity contribution in [2.75, 3.05) is 12.8 Å². The Morgan fingerprint density at radius 3 is 2.57 bits per heavy atom. The summed E-state index contributed by atoms with van der Waals surface area (Å²) in [5.41, 5.74) is 6.51. The molecule has 21 heavy (non-hydrogen) atoms. The maximum atomic E-state index is 9.14. The van der Waals surface area contributed by atoms with E-state index in [1.54, 1.807) is 24.3 Å². The highest BCUT2D eigenvalue weighted by molar-refractivity contribution is 5.45. The minimum atomic E-state index is -0.0609. The molecule has 6 heteroatoms. The van der Waals surface area contributed by atoms with Gasteiger partial charge in [0.1, 0.15) is 11.6 Å². The first kappa shape index (κ1) is 15.1. The number of methoxy groups -OCH3 is 1. The first-order chi connectivity index (χ1) is 10.0. The second-order valence-corrected chi connectivity index (χ2v) is 4.89. The predicted octanol–water partition coefficient (Wildman–Crippen LogP) is 2.48. The van der Waals surface area contributed by atoms with Gasteiger partial charge in [-0.05, 0) is 17.7 Å². The number of aromatic nitrogens is 2. The molecule has 0 aliphatic carbocycles. The molecule has 0 aliphatic heterocycles. The number of hydrogen-bond acceptors (Lipinski definition) is 6. The van der Waals surface area contributed by atoms with Crippen LogP contribution in [-0.2, 0) is 6.61 Å². The van der Waals surface area contributed by atoms with Gasteiger partial charge in [-0.25, -0.2) is 4.98 Å². The van der Waals surface area contributed by atoms with Gasteiger partial charge in [0.15, 0.2) is 11.5 Å². The van der Waals surface area contributed by atoms with Crippen LogP contribution in [0.2, 0.25) is 0 Å².